The maximum absolute atomic E-state index is 9.01. The molecule has 1 unspecified atom stereocenters. The number of hydrogen-bond donors (Lipinski definition) is 1. The lowest BCUT2D eigenvalue weighted by atomic mass is 10.0. The lowest BCUT2D eigenvalue weighted by Crippen LogP contribution is -2.24. The fraction of sp³-hybridized carbons (Fsp3) is 0.353. The molecular formula is C17H20N2OS. The summed E-state index contributed by atoms with van der Waals surface area (Å²) in [5.41, 5.74) is 1.69. The van der Waals surface area contributed by atoms with Crippen LogP contribution in [-0.4, -0.2) is 7.11 Å². The Balaban J connectivity index is 2.10. The first-order valence-electron chi connectivity index (χ1n) is 6.99. The van der Waals surface area contributed by atoms with Crippen LogP contribution in [-0.2, 0) is 6.54 Å². The van der Waals surface area contributed by atoms with Crippen molar-refractivity contribution in [1.82, 2.24) is 5.32 Å². The van der Waals surface area contributed by atoms with Crippen LogP contribution in [0.2, 0.25) is 0 Å². The van der Waals surface area contributed by atoms with E-state index in [9.17, 15) is 0 Å². The molecule has 1 aromatic heterocycles. The second-order valence-electron chi connectivity index (χ2n) is 5.26. The molecule has 1 heterocycles. The van der Waals surface area contributed by atoms with Gasteiger partial charge >= 0.3 is 0 Å². The van der Waals surface area contributed by atoms with Crippen molar-refractivity contribution in [2.75, 3.05) is 7.11 Å². The summed E-state index contributed by atoms with van der Waals surface area (Å²) in [6, 6.07) is 12.4. The van der Waals surface area contributed by atoms with Crippen molar-refractivity contribution >= 4 is 11.3 Å². The quantitative estimate of drug-likeness (QED) is 0.873. The summed E-state index contributed by atoms with van der Waals surface area (Å²) >= 11 is 1.78. The number of nitrogens with one attached hydrogen (secondary N) is 1. The fourth-order valence-electron chi connectivity index (χ4n) is 2.30. The highest BCUT2D eigenvalue weighted by molar-refractivity contribution is 7.10. The van der Waals surface area contributed by atoms with E-state index in [4.69, 9.17) is 10.00 Å². The molecule has 0 aliphatic heterocycles. The summed E-state index contributed by atoms with van der Waals surface area (Å²) in [6.45, 7) is 5.19. The topological polar surface area (TPSA) is 45.0 Å². The number of benzene rings is 1. The summed E-state index contributed by atoms with van der Waals surface area (Å²) in [4.78, 5) is 1.35. The molecule has 3 nitrogen and oxygen atoms in total. The molecule has 0 saturated carbocycles. The summed E-state index contributed by atoms with van der Waals surface area (Å²) in [7, 11) is 1.59. The monoisotopic (exact) mass is 300 g/mol. The van der Waals surface area contributed by atoms with E-state index in [0.29, 0.717) is 23.3 Å². The van der Waals surface area contributed by atoms with Gasteiger partial charge in [0.05, 0.1) is 12.7 Å². The number of ether oxygens (including phenoxy) is 1. The van der Waals surface area contributed by atoms with Gasteiger partial charge in [-0.15, -0.1) is 11.3 Å². The van der Waals surface area contributed by atoms with Gasteiger partial charge in [0, 0.05) is 17.5 Å². The van der Waals surface area contributed by atoms with Crippen LogP contribution in [0.15, 0.2) is 35.7 Å². The van der Waals surface area contributed by atoms with E-state index in [1.807, 2.05) is 18.2 Å². The molecule has 1 atom stereocenters. The molecule has 110 valence electrons. The van der Waals surface area contributed by atoms with Gasteiger partial charge in [-0.05, 0) is 35.1 Å². The Labute approximate surface area is 130 Å². The normalized spacial score (nSPS) is 12.1. The molecule has 0 amide bonds. The van der Waals surface area contributed by atoms with Gasteiger partial charge in [-0.2, -0.15) is 5.26 Å². The Bertz CT molecular complexity index is 614. The van der Waals surface area contributed by atoms with Crippen molar-refractivity contribution in [3.8, 4) is 11.8 Å². The molecule has 21 heavy (non-hydrogen) atoms. The second-order valence-corrected chi connectivity index (χ2v) is 6.24. The van der Waals surface area contributed by atoms with E-state index in [0.717, 1.165) is 12.1 Å². The Hall–Kier alpha value is -1.83. The van der Waals surface area contributed by atoms with E-state index < -0.39 is 0 Å². The minimum atomic E-state index is 0.339. The van der Waals surface area contributed by atoms with Crippen LogP contribution in [0.25, 0.3) is 0 Å². The molecule has 0 aliphatic rings. The van der Waals surface area contributed by atoms with Crippen molar-refractivity contribution < 1.29 is 4.74 Å². The molecule has 0 aliphatic carbocycles. The minimum Gasteiger partial charge on any atom is -0.495 e. The average Bonchev–Trinajstić information content (AvgIpc) is 3.01. The smallest absolute Gasteiger partial charge is 0.136 e. The molecule has 2 rings (SSSR count). The Kier molecular flexibility index (Phi) is 5.38. The molecule has 4 heteroatoms. The molecule has 1 aromatic carbocycles. The summed E-state index contributed by atoms with van der Waals surface area (Å²) in [5.74, 6) is 1.15. The van der Waals surface area contributed by atoms with Gasteiger partial charge in [-0.1, -0.05) is 26.0 Å². The molecule has 0 fully saturated rings. The fourth-order valence-corrected chi connectivity index (χ4v) is 3.27. The summed E-state index contributed by atoms with van der Waals surface area (Å²) in [5, 5.41) is 14.7. The average molecular weight is 300 g/mol. The maximum Gasteiger partial charge on any atom is 0.136 e. The van der Waals surface area contributed by atoms with E-state index in [-0.39, 0.29) is 0 Å². The largest absolute Gasteiger partial charge is 0.495 e. The van der Waals surface area contributed by atoms with Crippen molar-refractivity contribution in [3.63, 3.8) is 0 Å². The van der Waals surface area contributed by atoms with Gasteiger partial charge < -0.3 is 10.1 Å². The summed E-state index contributed by atoms with van der Waals surface area (Å²) in [6.07, 6.45) is 0. The first-order valence-corrected chi connectivity index (χ1v) is 7.87. The molecule has 0 bridgehead atoms. The summed E-state index contributed by atoms with van der Waals surface area (Å²) < 4.78 is 5.26. The third-order valence-corrected chi connectivity index (χ3v) is 4.38. The standard InChI is InChI=1S/C17H20N2OS/c1-12(2)17(16-5-4-8-21-16)19-11-13-6-7-14(10-18)15(9-13)20-3/h4-9,12,17,19H,11H2,1-3H3. The number of methoxy groups -OCH3 is 1. The Morgan fingerprint density at radius 3 is 2.71 bits per heavy atom. The first-order chi connectivity index (χ1) is 10.2. The Morgan fingerprint density at radius 1 is 1.33 bits per heavy atom. The second kappa shape index (κ2) is 7.26. The van der Waals surface area contributed by atoms with Crippen LogP contribution in [0.4, 0.5) is 0 Å². The van der Waals surface area contributed by atoms with Gasteiger partial charge in [0.2, 0.25) is 0 Å². The van der Waals surface area contributed by atoms with E-state index in [1.54, 1.807) is 18.4 Å². The van der Waals surface area contributed by atoms with E-state index >= 15 is 0 Å². The van der Waals surface area contributed by atoms with Gasteiger partial charge in [-0.3, -0.25) is 0 Å². The van der Waals surface area contributed by atoms with Crippen LogP contribution >= 0.6 is 11.3 Å². The first kappa shape index (κ1) is 15.6. The Morgan fingerprint density at radius 2 is 2.14 bits per heavy atom. The third-order valence-electron chi connectivity index (χ3n) is 3.43. The van der Waals surface area contributed by atoms with Crippen LogP contribution < -0.4 is 10.1 Å². The van der Waals surface area contributed by atoms with Gasteiger partial charge in [-0.25, -0.2) is 0 Å². The molecule has 0 saturated heterocycles. The maximum atomic E-state index is 9.01. The van der Waals surface area contributed by atoms with Gasteiger partial charge in [0.15, 0.2) is 0 Å². The molecular weight excluding hydrogens is 280 g/mol. The lowest BCUT2D eigenvalue weighted by Gasteiger charge is -2.21. The number of nitriles is 1. The zero-order valence-electron chi connectivity index (χ0n) is 12.6. The zero-order valence-corrected chi connectivity index (χ0v) is 13.4. The number of hydrogen-bond acceptors (Lipinski definition) is 4. The third kappa shape index (κ3) is 3.84. The van der Waals surface area contributed by atoms with Gasteiger partial charge in [0.1, 0.15) is 11.8 Å². The molecule has 1 N–H and O–H groups in total. The van der Waals surface area contributed by atoms with E-state index in [1.165, 1.54) is 4.88 Å². The van der Waals surface area contributed by atoms with Crippen molar-refractivity contribution in [2.45, 2.75) is 26.4 Å². The number of rotatable bonds is 6. The highest BCUT2D eigenvalue weighted by Gasteiger charge is 2.16. The van der Waals surface area contributed by atoms with Crippen LogP contribution in [0.1, 0.15) is 35.9 Å². The highest BCUT2D eigenvalue weighted by Crippen LogP contribution is 2.26. The predicted molar refractivity (Wildman–Crippen MR) is 86.4 cm³/mol. The highest BCUT2D eigenvalue weighted by atomic mass is 32.1. The van der Waals surface area contributed by atoms with E-state index in [2.05, 4.69) is 42.7 Å². The number of nitrogens with zero attached hydrogens (tertiary/aromatic N) is 1. The molecule has 2 aromatic rings. The van der Waals surface area contributed by atoms with Crippen molar-refractivity contribution in [2.24, 2.45) is 5.92 Å². The van der Waals surface area contributed by atoms with Gasteiger partial charge in [0.25, 0.3) is 0 Å². The zero-order chi connectivity index (χ0) is 15.2. The minimum absolute atomic E-state index is 0.339. The van der Waals surface area contributed by atoms with Crippen molar-refractivity contribution in [1.29, 1.82) is 5.26 Å². The van der Waals surface area contributed by atoms with Crippen LogP contribution in [0.5, 0.6) is 5.75 Å². The predicted octanol–water partition coefficient (Wildman–Crippen LogP) is 4.12. The van der Waals surface area contributed by atoms with Crippen LogP contribution in [0.3, 0.4) is 0 Å². The van der Waals surface area contributed by atoms with Crippen molar-refractivity contribution in [3.05, 3.63) is 51.7 Å². The molecule has 0 spiro atoms. The number of thiophene rings is 1. The lowest BCUT2D eigenvalue weighted by molar-refractivity contribution is 0.407. The SMILES string of the molecule is COc1cc(CNC(c2cccs2)C(C)C)ccc1C#N. The molecule has 0 radical (unpaired) electrons. The van der Waals surface area contributed by atoms with Crippen LogP contribution in [0, 0.1) is 17.2 Å².